The summed E-state index contributed by atoms with van der Waals surface area (Å²) >= 11 is 0. The van der Waals surface area contributed by atoms with Gasteiger partial charge in [-0.1, -0.05) is 13.8 Å². The van der Waals surface area contributed by atoms with E-state index in [1.54, 1.807) is 7.11 Å². The molecule has 0 bridgehead atoms. The zero-order chi connectivity index (χ0) is 9.14. The standard InChI is InChI=1S/C10H20O2/c1-5-9-10(11-4)6-7(2)8(3)12-9/h7-10H,5-6H2,1-4H3/t7?,8?,9?,10-/m0/s1. The molecule has 0 aliphatic carbocycles. The van der Waals surface area contributed by atoms with Gasteiger partial charge in [-0.05, 0) is 25.7 Å². The summed E-state index contributed by atoms with van der Waals surface area (Å²) in [5.41, 5.74) is 0. The van der Waals surface area contributed by atoms with Gasteiger partial charge in [0, 0.05) is 7.11 Å². The van der Waals surface area contributed by atoms with E-state index >= 15 is 0 Å². The van der Waals surface area contributed by atoms with Crippen molar-refractivity contribution in [1.29, 1.82) is 0 Å². The Morgan fingerprint density at radius 2 is 2.08 bits per heavy atom. The number of rotatable bonds is 2. The lowest BCUT2D eigenvalue weighted by molar-refractivity contribution is -0.146. The molecule has 0 aromatic heterocycles. The lowest BCUT2D eigenvalue weighted by atomic mass is 9.91. The van der Waals surface area contributed by atoms with Crippen molar-refractivity contribution < 1.29 is 9.47 Å². The smallest absolute Gasteiger partial charge is 0.0837 e. The van der Waals surface area contributed by atoms with Crippen LogP contribution in [0.3, 0.4) is 0 Å². The van der Waals surface area contributed by atoms with Gasteiger partial charge in [-0.3, -0.25) is 0 Å². The Bertz CT molecular complexity index is 120. The third-order valence-corrected chi connectivity index (χ3v) is 2.91. The molecule has 1 rings (SSSR count). The molecule has 0 amide bonds. The fourth-order valence-corrected chi connectivity index (χ4v) is 1.81. The Balaban J connectivity index is 2.52. The molecule has 1 heterocycles. The SMILES string of the molecule is CCC1OC(C)C(C)C[C@@H]1OC. The Hall–Kier alpha value is -0.0800. The monoisotopic (exact) mass is 172 g/mol. The first-order valence-corrected chi connectivity index (χ1v) is 4.87. The zero-order valence-electron chi connectivity index (χ0n) is 8.54. The molecule has 2 heteroatoms. The van der Waals surface area contributed by atoms with Crippen LogP contribution in [0.2, 0.25) is 0 Å². The first-order valence-electron chi connectivity index (χ1n) is 4.87. The number of hydrogen-bond donors (Lipinski definition) is 0. The van der Waals surface area contributed by atoms with Gasteiger partial charge >= 0.3 is 0 Å². The Morgan fingerprint density at radius 1 is 1.42 bits per heavy atom. The van der Waals surface area contributed by atoms with E-state index in [9.17, 15) is 0 Å². The van der Waals surface area contributed by atoms with Crippen LogP contribution in [0.25, 0.3) is 0 Å². The van der Waals surface area contributed by atoms with Gasteiger partial charge in [0.2, 0.25) is 0 Å². The van der Waals surface area contributed by atoms with Crippen molar-refractivity contribution in [1.82, 2.24) is 0 Å². The minimum absolute atomic E-state index is 0.307. The van der Waals surface area contributed by atoms with Crippen LogP contribution in [0, 0.1) is 5.92 Å². The maximum Gasteiger partial charge on any atom is 0.0837 e. The number of methoxy groups -OCH3 is 1. The fourth-order valence-electron chi connectivity index (χ4n) is 1.81. The molecular formula is C10H20O2. The molecule has 1 fully saturated rings. The minimum atomic E-state index is 0.307. The van der Waals surface area contributed by atoms with Gasteiger partial charge in [-0.15, -0.1) is 0 Å². The zero-order valence-corrected chi connectivity index (χ0v) is 8.54. The Morgan fingerprint density at radius 3 is 2.58 bits per heavy atom. The molecule has 4 atom stereocenters. The highest BCUT2D eigenvalue weighted by atomic mass is 16.5. The molecule has 72 valence electrons. The van der Waals surface area contributed by atoms with E-state index in [4.69, 9.17) is 9.47 Å². The number of hydrogen-bond acceptors (Lipinski definition) is 2. The van der Waals surface area contributed by atoms with Crippen LogP contribution in [0.4, 0.5) is 0 Å². The molecule has 0 saturated carbocycles. The molecular weight excluding hydrogens is 152 g/mol. The summed E-state index contributed by atoms with van der Waals surface area (Å²) in [6.45, 7) is 6.53. The summed E-state index contributed by atoms with van der Waals surface area (Å²) in [6.07, 6.45) is 3.19. The van der Waals surface area contributed by atoms with Crippen LogP contribution >= 0.6 is 0 Å². The van der Waals surface area contributed by atoms with E-state index in [0.29, 0.717) is 24.2 Å². The maximum atomic E-state index is 5.83. The normalized spacial score (nSPS) is 43.0. The summed E-state index contributed by atoms with van der Waals surface area (Å²) in [6, 6.07) is 0. The fraction of sp³-hybridized carbons (Fsp3) is 1.00. The summed E-state index contributed by atoms with van der Waals surface area (Å²) in [5, 5.41) is 0. The second-order valence-corrected chi connectivity index (χ2v) is 3.78. The lowest BCUT2D eigenvalue weighted by Gasteiger charge is -2.38. The average molecular weight is 172 g/mol. The van der Waals surface area contributed by atoms with E-state index < -0.39 is 0 Å². The molecule has 0 N–H and O–H groups in total. The summed E-state index contributed by atoms with van der Waals surface area (Å²) in [7, 11) is 1.78. The van der Waals surface area contributed by atoms with Crippen LogP contribution < -0.4 is 0 Å². The molecule has 12 heavy (non-hydrogen) atoms. The van der Waals surface area contributed by atoms with Crippen LogP contribution in [0.5, 0.6) is 0 Å². The van der Waals surface area contributed by atoms with Gasteiger partial charge in [-0.2, -0.15) is 0 Å². The molecule has 1 aliphatic heterocycles. The Kier molecular flexibility index (Phi) is 3.53. The van der Waals surface area contributed by atoms with Gasteiger partial charge in [0.1, 0.15) is 0 Å². The van der Waals surface area contributed by atoms with Gasteiger partial charge < -0.3 is 9.47 Å². The molecule has 1 saturated heterocycles. The van der Waals surface area contributed by atoms with Crippen molar-refractivity contribution in [3.63, 3.8) is 0 Å². The second kappa shape index (κ2) is 4.24. The van der Waals surface area contributed by atoms with Gasteiger partial charge in [0.15, 0.2) is 0 Å². The highest BCUT2D eigenvalue weighted by Crippen LogP contribution is 2.27. The summed E-state index contributed by atoms with van der Waals surface area (Å²) < 4.78 is 11.2. The largest absolute Gasteiger partial charge is 0.379 e. The summed E-state index contributed by atoms with van der Waals surface area (Å²) in [5.74, 6) is 0.623. The Labute approximate surface area is 75.2 Å². The quantitative estimate of drug-likeness (QED) is 0.636. The molecule has 1 aliphatic rings. The lowest BCUT2D eigenvalue weighted by Crippen LogP contribution is -2.42. The minimum Gasteiger partial charge on any atom is -0.379 e. The molecule has 0 aromatic rings. The van der Waals surface area contributed by atoms with Gasteiger partial charge in [0.25, 0.3) is 0 Å². The van der Waals surface area contributed by atoms with Crippen molar-refractivity contribution in [3.8, 4) is 0 Å². The van der Waals surface area contributed by atoms with Crippen molar-refractivity contribution >= 4 is 0 Å². The predicted molar refractivity (Wildman–Crippen MR) is 49.2 cm³/mol. The first kappa shape index (κ1) is 10.0. The molecule has 0 aromatic carbocycles. The highest BCUT2D eigenvalue weighted by Gasteiger charge is 2.32. The van der Waals surface area contributed by atoms with E-state index in [1.165, 1.54) is 0 Å². The molecule has 0 spiro atoms. The average Bonchev–Trinajstić information content (AvgIpc) is 2.09. The van der Waals surface area contributed by atoms with Crippen LogP contribution in [0.1, 0.15) is 33.6 Å². The van der Waals surface area contributed by atoms with E-state index in [-0.39, 0.29) is 0 Å². The van der Waals surface area contributed by atoms with E-state index in [0.717, 1.165) is 12.8 Å². The van der Waals surface area contributed by atoms with Gasteiger partial charge in [-0.25, -0.2) is 0 Å². The van der Waals surface area contributed by atoms with E-state index in [2.05, 4.69) is 20.8 Å². The highest BCUT2D eigenvalue weighted by molar-refractivity contribution is 4.80. The van der Waals surface area contributed by atoms with Gasteiger partial charge in [0.05, 0.1) is 18.3 Å². The van der Waals surface area contributed by atoms with Crippen molar-refractivity contribution in [3.05, 3.63) is 0 Å². The van der Waals surface area contributed by atoms with Crippen LogP contribution in [-0.4, -0.2) is 25.4 Å². The third-order valence-electron chi connectivity index (χ3n) is 2.91. The maximum absolute atomic E-state index is 5.83. The van der Waals surface area contributed by atoms with E-state index in [1.807, 2.05) is 0 Å². The van der Waals surface area contributed by atoms with Crippen molar-refractivity contribution in [2.75, 3.05) is 7.11 Å². The van der Waals surface area contributed by atoms with Crippen molar-refractivity contribution in [2.45, 2.75) is 51.9 Å². The third kappa shape index (κ3) is 1.99. The first-order chi connectivity index (χ1) is 5.69. The topological polar surface area (TPSA) is 18.5 Å². The molecule has 0 radical (unpaired) electrons. The van der Waals surface area contributed by atoms with Crippen molar-refractivity contribution in [2.24, 2.45) is 5.92 Å². The number of ether oxygens (including phenoxy) is 2. The van der Waals surface area contributed by atoms with Crippen LogP contribution in [0.15, 0.2) is 0 Å². The van der Waals surface area contributed by atoms with Crippen LogP contribution in [-0.2, 0) is 9.47 Å². The summed E-state index contributed by atoms with van der Waals surface area (Å²) in [4.78, 5) is 0. The molecule has 3 unspecified atom stereocenters. The second-order valence-electron chi connectivity index (χ2n) is 3.78. The predicted octanol–water partition coefficient (Wildman–Crippen LogP) is 2.22. The molecule has 2 nitrogen and oxygen atoms in total.